The lowest BCUT2D eigenvalue weighted by Gasteiger charge is -2.26. The fourth-order valence-corrected chi connectivity index (χ4v) is 3.68. The molecule has 1 heterocycles. The highest BCUT2D eigenvalue weighted by molar-refractivity contribution is 7.99. The number of thioether (sulfide) groups is 1. The van der Waals surface area contributed by atoms with Gasteiger partial charge >= 0.3 is 15.6 Å². The number of amides is 2. The first kappa shape index (κ1) is 18.7. The van der Waals surface area contributed by atoms with Crippen LogP contribution in [0.4, 0.5) is 13.2 Å². The molecule has 0 bridgehead atoms. The Morgan fingerprint density at radius 2 is 1.77 bits per heavy atom. The number of alkyl halides is 3. The Balaban J connectivity index is 2.17. The van der Waals surface area contributed by atoms with Gasteiger partial charge in [0.15, 0.2) is 0 Å². The van der Waals surface area contributed by atoms with Crippen LogP contribution in [0.25, 0.3) is 10.8 Å². The second-order valence-corrected chi connectivity index (χ2v) is 8.04. The molecule has 0 spiro atoms. The van der Waals surface area contributed by atoms with E-state index in [4.69, 9.17) is 0 Å². The third kappa shape index (κ3) is 2.95. The van der Waals surface area contributed by atoms with E-state index in [2.05, 4.69) is 4.28 Å². The van der Waals surface area contributed by atoms with Gasteiger partial charge in [-0.05, 0) is 29.3 Å². The minimum absolute atomic E-state index is 0.106. The molecule has 138 valence electrons. The zero-order chi connectivity index (χ0) is 19.3. The molecule has 1 aliphatic heterocycles. The third-order valence-corrected chi connectivity index (χ3v) is 5.32. The van der Waals surface area contributed by atoms with E-state index in [0.717, 1.165) is 0 Å². The van der Waals surface area contributed by atoms with E-state index >= 15 is 0 Å². The van der Waals surface area contributed by atoms with Crippen LogP contribution in [-0.4, -0.2) is 36.6 Å². The van der Waals surface area contributed by atoms with Crippen molar-refractivity contribution in [2.24, 2.45) is 0 Å². The summed E-state index contributed by atoms with van der Waals surface area (Å²) in [7, 11) is -6.18. The van der Waals surface area contributed by atoms with E-state index in [1.165, 1.54) is 30.0 Å². The summed E-state index contributed by atoms with van der Waals surface area (Å²) in [4.78, 5) is 25.5. The zero-order valence-electron chi connectivity index (χ0n) is 13.0. The quantitative estimate of drug-likeness (QED) is 0.441. The van der Waals surface area contributed by atoms with Crippen LogP contribution in [0.1, 0.15) is 27.6 Å². The number of imide groups is 1. The van der Waals surface area contributed by atoms with Gasteiger partial charge in [-0.2, -0.15) is 21.6 Å². The molecule has 0 N–H and O–H groups in total. The first-order chi connectivity index (χ1) is 12.1. The molecule has 0 aromatic heterocycles. The summed E-state index contributed by atoms with van der Waals surface area (Å²) in [6, 6.07) is 7.53. The van der Waals surface area contributed by atoms with Crippen LogP contribution < -0.4 is 0 Å². The van der Waals surface area contributed by atoms with E-state index in [1.54, 1.807) is 12.1 Å². The maximum Gasteiger partial charge on any atom is 0.525 e. The topological polar surface area (TPSA) is 80.8 Å². The average molecular weight is 405 g/mol. The van der Waals surface area contributed by atoms with Gasteiger partial charge in [-0.1, -0.05) is 19.1 Å². The normalized spacial score (nSPS) is 15.0. The lowest BCUT2D eigenvalue weighted by molar-refractivity contribution is -0.0761. The predicted molar refractivity (Wildman–Crippen MR) is 86.9 cm³/mol. The third-order valence-electron chi connectivity index (χ3n) is 3.55. The van der Waals surface area contributed by atoms with E-state index in [0.29, 0.717) is 16.0 Å². The number of halogens is 3. The minimum Gasteiger partial charge on any atom is -0.266 e. The molecule has 11 heteroatoms. The summed E-state index contributed by atoms with van der Waals surface area (Å²) < 4.78 is 64.0. The Hall–Kier alpha value is -2.11. The van der Waals surface area contributed by atoms with Crippen molar-refractivity contribution in [2.45, 2.75) is 17.3 Å². The molecule has 2 amide bonds. The first-order valence-electron chi connectivity index (χ1n) is 7.16. The largest absolute Gasteiger partial charge is 0.525 e. The molecule has 3 rings (SSSR count). The van der Waals surface area contributed by atoms with E-state index < -0.39 is 27.4 Å². The highest BCUT2D eigenvalue weighted by Gasteiger charge is 2.51. The summed E-state index contributed by atoms with van der Waals surface area (Å²) in [6.07, 6.45) is 0. The van der Waals surface area contributed by atoms with Crippen LogP contribution >= 0.6 is 11.8 Å². The summed E-state index contributed by atoms with van der Waals surface area (Å²) in [5, 5.41) is 0.420. The Bertz CT molecular complexity index is 1030. The van der Waals surface area contributed by atoms with Gasteiger partial charge in [-0.3, -0.25) is 9.59 Å². The van der Waals surface area contributed by atoms with Crippen LogP contribution in [-0.2, 0) is 14.4 Å². The van der Waals surface area contributed by atoms with E-state index in [9.17, 15) is 31.2 Å². The fourth-order valence-electron chi connectivity index (χ4n) is 2.52. The maximum atomic E-state index is 12.6. The lowest BCUT2D eigenvalue weighted by Crippen LogP contribution is -2.44. The molecule has 26 heavy (non-hydrogen) atoms. The molecule has 2 aromatic carbocycles. The molecule has 1 aliphatic rings. The number of hydrogen-bond acceptors (Lipinski definition) is 6. The zero-order valence-corrected chi connectivity index (χ0v) is 14.7. The molecule has 0 aliphatic carbocycles. The van der Waals surface area contributed by atoms with Crippen LogP contribution in [0, 0.1) is 0 Å². The number of rotatable bonds is 4. The van der Waals surface area contributed by atoms with Gasteiger partial charge in [-0.25, -0.2) is 0 Å². The molecule has 6 nitrogen and oxygen atoms in total. The Morgan fingerprint density at radius 3 is 2.38 bits per heavy atom. The van der Waals surface area contributed by atoms with E-state index in [1.807, 2.05) is 6.92 Å². The summed E-state index contributed by atoms with van der Waals surface area (Å²) >= 11 is 1.38. The number of carbonyl (C=O) groups is 2. The maximum absolute atomic E-state index is 12.6. The molecule has 0 atom stereocenters. The van der Waals surface area contributed by atoms with Crippen molar-refractivity contribution >= 4 is 44.5 Å². The van der Waals surface area contributed by atoms with Gasteiger partial charge in [0.2, 0.25) is 0 Å². The highest BCUT2D eigenvalue weighted by atomic mass is 32.2. The van der Waals surface area contributed by atoms with Crippen LogP contribution in [0.5, 0.6) is 0 Å². The number of hydroxylamine groups is 2. The smallest absolute Gasteiger partial charge is 0.266 e. The number of hydrogen-bond donors (Lipinski definition) is 0. The molecule has 0 saturated heterocycles. The van der Waals surface area contributed by atoms with Crippen molar-refractivity contribution in [2.75, 3.05) is 5.75 Å². The van der Waals surface area contributed by atoms with Crippen LogP contribution in [0.15, 0.2) is 35.2 Å². The number of carbonyl (C=O) groups excluding carboxylic acids is 2. The van der Waals surface area contributed by atoms with Gasteiger partial charge in [0.25, 0.3) is 11.8 Å². The molecule has 0 unspecified atom stereocenters. The van der Waals surface area contributed by atoms with Crippen molar-refractivity contribution in [3.05, 3.63) is 41.5 Å². The summed E-state index contributed by atoms with van der Waals surface area (Å²) in [5.41, 5.74) is -6.01. The van der Waals surface area contributed by atoms with Crippen molar-refractivity contribution in [3.63, 3.8) is 0 Å². The standard InChI is InChI=1S/C15H10F3NO5S2/c1-2-25-9-6-8-4-3-5-10-12(8)11(7-9)14(21)19(13(10)20)24-26(22,23)15(16,17)18/h3-7H,2H2,1H3. The summed E-state index contributed by atoms with van der Waals surface area (Å²) in [6.45, 7) is 1.87. The van der Waals surface area contributed by atoms with Gasteiger partial charge in [-0.15, -0.1) is 21.1 Å². The molecule has 0 saturated carbocycles. The van der Waals surface area contributed by atoms with Crippen molar-refractivity contribution in [3.8, 4) is 0 Å². The molecule has 0 radical (unpaired) electrons. The van der Waals surface area contributed by atoms with Gasteiger partial charge in [0.05, 0.1) is 11.1 Å². The average Bonchev–Trinajstić information content (AvgIpc) is 2.55. The second kappa shape index (κ2) is 6.25. The molecular formula is C15H10F3NO5S2. The Kier molecular flexibility index (Phi) is 4.49. The van der Waals surface area contributed by atoms with Crippen molar-refractivity contribution in [1.29, 1.82) is 0 Å². The van der Waals surface area contributed by atoms with E-state index in [-0.39, 0.29) is 21.6 Å². The monoisotopic (exact) mass is 405 g/mol. The Morgan fingerprint density at radius 1 is 1.12 bits per heavy atom. The van der Waals surface area contributed by atoms with Gasteiger partial charge in [0.1, 0.15) is 0 Å². The van der Waals surface area contributed by atoms with Crippen LogP contribution in [0.3, 0.4) is 0 Å². The van der Waals surface area contributed by atoms with Crippen molar-refractivity contribution < 1.29 is 35.5 Å². The van der Waals surface area contributed by atoms with Gasteiger partial charge in [0, 0.05) is 10.3 Å². The lowest BCUT2D eigenvalue weighted by atomic mass is 9.95. The molecule has 0 fully saturated rings. The first-order valence-corrected chi connectivity index (χ1v) is 9.55. The number of benzene rings is 2. The highest BCUT2D eigenvalue weighted by Crippen LogP contribution is 2.35. The van der Waals surface area contributed by atoms with Gasteiger partial charge < -0.3 is 0 Å². The predicted octanol–water partition coefficient (Wildman–Crippen LogP) is 3.33. The fraction of sp³-hybridized carbons (Fsp3) is 0.200. The Labute approximate surface area is 150 Å². The molecular weight excluding hydrogens is 395 g/mol. The number of nitrogens with zero attached hydrogens (tertiary/aromatic N) is 1. The molecule has 2 aromatic rings. The van der Waals surface area contributed by atoms with Crippen molar-refractivity contribution in [1.82, 2.24) is 5.06 Å². The second-order valence-electron chi connectivity index (χ2n) is 5.19. The SMILES string of the molecule is CCSc1cc2c3c(cccc3c1)C(=O)N(OS(=O)(=O)C(F)(F)F)C2=O. The summed E-state index contributed by atoms with van der Waals surface area (Å²) in [5.74, 6) is -1.89. The van der Waals surface area contributed by atoms with Crippen LogP contribution in [0.2, 0.25) is 0 Å². The minimum atomic E-state index is -6.18.